The fraction of sp³-hybridized carbons (Fsp3) is 0.857. The second-order valence-electron chi connectivity index (χ2n) is 2.62. The third-order valence-corrected chi connectivity index (χ3v) is 1.80. The number of hydrogen-bond donors (Lipinski definition) is 0. The number of carbonyl (C=O) groups is 1. The lowest BCUT2D eigenvalue weighted by Gasteiger charge is -2.28. The summed E-state index contributed by atoms with van der Waals surface area (Å²) in [6, 6.07) is 0. The van der Waals surface area contributed by atoms with Crippen LogP contribution < -0.4 is 0 Å². The molecular weight excluding hydrogens is 130 g/mol. The predicted octanol–water partition coefficient (Wildman–Crippen LogP) is 0.254. The van der Waals surface area contributed by atoms with Crippen molar-refractivity contribution in [2.45, 2.75) is 19.4 Å². The molecule has 1 rings (SSSR count). The maximum absolute atomic E-state index is 10.9. The lowest BCUT2D eigenvalue weighted by atomic mass is 10.2. The summed E-state index contributed by atoms with van der Waals surface area (Å²) in [6.45, 7) is 3.07. The van der Waals surface area contributed by atoms with E-state index in [4.69, 9.17) is 4.74 Å². The fourth-order valence-electron chi connectivity index (χ4n) is 1.01. The van der Waals surface area contributed by atoms with Crippen LogP contribution in [-0.4, -0.2) is 37.1 Å². The molecule has 1 aliphatic rings. The van der Waals surface area contributed by atoms with Crippen LogP contribution in [0.4, 0.5) is 0 Å². The van der Waals surface area contributed by atoms with Crippen molar-refractivity contribution in [3.8, 4) is 0 Å². The number of morpholine rings is 1. The summed E-state index contributed by atoms with van der Waals surface area (Å²) in [7, 11) is 1.81. The van der Waals surface area contributed by atoms with Crippen molar-refractivity contribution in [3.05, 3.63) is 0 Å². The number of rotatable bonds is 1. The Morgan fingerprint density at radius 1 is 1.80 bits per heavy atom. The highest BCUT2D eigenvalue weighted by Crippen LogP contribution is 2.06. The number of amides is 1. The standard InChI is InChI=1S/C7H13NO2/c1-3-6-4-8(2)7(9)5-10-6/h6H,3-5H2,1-2H3/t6-/m1/s1. The van der Waals surface area contributed by atoms with E-state index < -0.39 is 0 Å². The molecule has 58 valence electrons. The highest BCUT2D eigenvalue weighted by Gasteiger charge is 2.21. The number of likely N-dealkylation sites (N-methyl/N-ethyl adjacent to an activating group) is 1. The van der Waals surface area contributed by atoms with E-state index in [1.807, 2.05) is 7.05 Å². The Morgan fingerprint density at radius 3 is 3.00 bits per heavy atom. The number of hydrogen-bond acceptors (Lipinski definition) is 2. The van der Waals surface area contributed by atoms with Crippen LogP contribution in [0.15, 0.2) is 0 Å². The first-order valence-corrected chi connectivity index (χ1v) is 3.59. The lowest BCUT2D eigenvalue weighted by Crippen LogP contribution is -2.43. The zero-order valence-electron chi connectivity index (χ0n) is 6.46. The van der Waals surface area contributed by atoms with Crippen molar-refractivity contribution in [1.82, 2.24) is 4.90 Å². The second-order valence-corrected chi connectivity index (χ2v) is 2.62. The molecule has 0 radical (unpaired) electrons. The zero-order chi connectivity index (χ0) is 7.56. The first kappa shape index (κ1) is 7.54. The van der Waals surface area contributed by atoms with Crippen molar-refractivity contribution in [1.29, 1.82) is 0 Å². The molecular formula is C7H13NO2. The van der Waals surface area contributed by atoms with Crippen LogP contribution in [0, 0.1) is 0 Å². The minimum absolute atomic E-state index is 0.0877. The van der Waals surface area contributed by atoms with Gasteiger partial charge in [0.15, 0.2) is 0 Å². The number of ether oxygens (including phenoxy) is 1. The van der Waals surface area contributed by atoms with Gasteiger partial charge in [0.2, 0.25) is 5.91 Å². The third-order valence-electron chi connectivity index (χ3n) is 1.80. The SMILES string of the molecule is CC[C@@H]1CN(C)C(=O)CO1. The van der Waals surface area contributed by atoms with Crippen LogP contribution in [0.3, 0.4) is 0 Å². The van der Waals surface area contributed by atoms with Crippen LogP contribution in [0.25, 0.3) is 0 Å². The Labute approximate surface area is 61.0 Å². The van der Waals surface area contributed by atoms with Crippen LogP contribution in [0.1, 0.15) is 13.3 Å². The van der Waals surface area contributed by atoms with Crippen molar-refractivity contribution in [2.75, 3.05) is 20.2 Å². The van der Waals surface area contributed by atoms with Gasteiger partial charge in [0.1, 0.15) is 6.61 Å². The van der Waals surface area contributed by atoms with Gasteiger partial charge in [-0.2, -0.15) is 0 Å². The van der Waals surface area contributed by atoms with E-state index in [0.29, 0.717) is 0 Å². The number of nitrogens with zero attached hydrogens (tertiary/aromatic N) is 1. The van der Waals surface area contributed by atoms with E-state index in [9.17, 15) is 4.79 Å². The van der Waals surface area contributed by atoms with Crippen LogP contribution >= 0.6 is 0 Å². The lowest BCUT2D eigenvalue weighted by molar-refractivity contribution is -0.146. The molecule has 1 fully saturated rings. The number of carbonyl (C=O) groups excluding carboxylic acids is 1. The molecule has 3 nitrogen and oxygen atoms in total. The topological polar surface area (TPSA) is 29.5 Å². The zero-order valence-corrected chi connectivity index (χ0v) is 6.46. The van der Waals surface area contributed by atoms with Gasteiger partial charge in [-0.1, -0.05) is 6.92 Å². The summed E-state index contributed by atoms with van der Waals surface area (Å²) in [5.74, 6) is 0.0877. The van der Waals surface area contributed by atoms with Crippen molar-refractivity contribution in [2.24, 2.45) is 0 Å². The molecule has 3 heteroatoms. The molecule has 0 aliphatic carbocycles. The summed E-state index contributed by atoms with van der Waals surface area (Å²) in [5, 5.41) is 0. The average Bonchev–Trinajstić information content (AvgIpc) is 1.95. The van der Waals surface area contributed by atoms with E-state index in [1.165, 1.54) is 0 Å². The van der Waals surface area contributed by atoms with Gasteiger partial charge in [-0.15, -0.1) is 0 Å². The molecule has 10 heavy (non-hydrogen) atoms. The van der Waals surface area contributed by atoms with Crippen molar-refractivity contribution < 1.29 is 9.53 Å². The van der Waals surface area contributed by atoms with E-state index in [1.54, 1.807) is 4.90 Å². The highest BCUT2D eigenvalue weighted by atomic mass is 16.5. The average molecular weight is 143 g/mol. The van der Waals surface area contributed by atoms with E-state index in [0.717, 1.165) is 13.0 Å². The Morgan fingerprint density at radius 2 is 2.50 bits per heavy atom. The molecule has 0 saturated carbocycles. The molecule has 1 amide bonds. The normalized spacial score (nSPS) is 27.2. The maximum atomic E-state index is 10.9. The van der Waals surface area contributed by atoms with Gasteiger partial charge < -0.3 is 9.64 Å². The van der Waals surface area contributed by atoms with Gasteiger partial charge in [0.25, 0.3) is 0 Å². The molecule has 1 aliphatic heterocycles. The minimum Gasteiger partial charge on any atom is -0.367 e. The molecule has 0 aromatic rings. The summed E-state index contributed by atoms with van der Waals surface area (Å²) in [5.41, 5.74) is 0. The highest BCUT2D eigenvalue weighted by molar-refractivity contribution is 5.77. The Bertz CT molecular complexity index is 136. The molecule has 0 aromatic carbocycles. The largest absolute Gasteiger partial charge is 0.367 e. The Kier molecular flexibility index (Phi) is 2.27. The van der Waals surface area contributed by atoms with Gasteiger partial charge in [0, 0.05) is 13.6 Å². The summed E-state index contributed by atoms with van der Waals surface area (Å²) in [6.07, 6.45) is 1.24. The molecule has 0 spiro atoms. The summed E-state index contributed by atoms with van der Waals surface area (Å²) in [4.78, 5) is 12.6. The fourth-order valence-corrected chi connectivity index (χ4v) is 1.01. The molecule has 0 aromatic heterocycles. The van der Waals surface area contributed by atoms with Crippen LogP contribution in [-0.2, 0) is 9.53 Å². The third kappa shape index (κ3) is 1.48. The molecule has 0 N–H and O–H groups in total. The van der Waals surface area contributed by atoms with Crippen molar-refractivity contribution in [3.63, 3.8) is 0 Å². The van der Waals surface area contributed by atoms with Gasteiger partial charge >= 0.3 is 0 Å². The second kappa shape index (κ2) is 3.01. The monoisotopic (exact) mass is 143 g/mol. The molecule has 1 heterocycles. The van der Waals surface area contributed by atoms with E-state index in [-0.39, 0.29) is 18.6 Å². The Balaban J connectivity index is 2.40. The van der Waals surface area contributed by atoms with E-state index >= 15 is 0 Å². The molecule has 0 bridgehead atoms. The van der Waals surface area contributed by atoms with Crippen LogP contribution in [0.2, 0.25) is 0 Å². The van der Waals surface area contributed by atoms with Crippen LogP contribution in [0.5, 0.6) is 0 Å². The quantitative estimate of drug-likeness (QED) is 0.526. The van der Waals surface area contributed by atoms with Gasteiger partial charge in [-0.05, 0) is 6.42 Å². The minimum atomic E-state index is 0.0877. The van der Waals surface area contributed by atoms with Crippen molar-refractivity contribution >= 4 is 5.91 Å². The molecule has 1 atom stereocenters. The predicted molar refractivity (Wildman–Crippen MR) is 37.7 cm³/mol. The molecule has 0 unspecified atom stereocenters. The first-order valence-electron chi connectivity index (χ1n) is 3.59. The van der Waals surface area contributed by atoms with Gasteiger partial charge in [-0.25, -0.2) is 0 Å². The summed E-state index contributed by atoms with van der Waals surface area (Å²) >= 11 is 0. The van der Waals surface area contributed by atoms with E-state index in [2.05, 4.69) is 6.92 Å². The first-order chi connectivity index (χ1) is 4.74. The smallest absolute Gasteiger partial charge is 0.248 e. The Hall–Kier alpha value is -0.570. The molecule has 1 saturated heterocycles. The van der Waals surface area contributed by atoms with Gasteiger partial charge in [0.05, 0.1) is 6.10 Å². The summed E-state index contributed by atoms with van der Waals surface area (Å²) < 4.78 is 5.22. The van der Waals surface area contributed by atoms with Gasteiger partial charge in [-0.3, -0.25) is 4.79 Å². The maximum Gasteiger partial charge on any atom is 0.248 e.